The molecule has 2 rings (SSSR count). The minimum atomic E-state index is -0.290. The van der Waals surface area contributed by atoms with Crippen LogP contribution in [0.15, 0.2) is 47.5 Å². The zero-order chi connectivity index (χ0) is 19.6. The second kappa shape index (κ2) is 12.3. The average molecular weight is 503 g/mol. The monoisotopic (exact) mass is 503 g/mol. The van der Waals surface area contributed by atoms with E-state index >= 15 is 0 Å². The van der Waals surface area contributed by atoms with Crippen molar-refractivity contribution in [1.29, 1.82) is 0 Å². The number of aromatic hydroxyl groups is 1. The van der Waals surface area contributed by atoms with Gasteiger partial charge in [0.15, 0.2) is 5.96 Å². The third-order valence-corrected chi connectivity index (χ3v) is 3.89. The van der Waals surface area contributed by atoms with Crippen LogP contribution in [-0.4, -0.2) is 49.8 Å². The van der Waals surface area contributed by atoms with Crippen LogP contribution < -0.4 is 14.8 Å². The molecule has 0 aliphatic carbocycles. The van der Waals surface area contributed by atoms with Crippen LogP contribution in [0.5, 0.6) is 17.2 Å². The van der Waals surface area contributed by atoms with Crippen molar-refractivity contribution < 1.29 is 19.0 Å². The van der Waals surface area contributed by atoms with Gasteiger partial charge in [0.2, 0.25) is 0 Å². The fraction of sp³-hybridized carbons (Fsp3) is 0.350. The van der Waals surface area contributed by atoms with Gasteiger partial charge in [0.1, 0.15) is 29.7 Å². The predicted molar refractivity (Wildman–Crippen MR) is 119 cm³/mol. The van der Waals surface area contributed by atoms with Crippen molar-refractivity contribution in [3.05, 3.63) is 53.8 Å². The molecule has 0 fully saturated rings. The average Bonchev–Trinajstić information content (AvgIpc) is 2.67. The van der Waals surface area contributed by atoms with Crippen molar-refractivity contribution in [3.8, 4) is 17.2 Å². The summed E-state index contributed by atoms with van der Waals surface area (Å²) in [5.74, 6) is 1.87. The highest BCUT2D eigenvalue weighted by molar-refractivity contribution is 14.0. The second-order valence-electron chi connectivity index (χ2n) is 5.89. The number of phenolic OH excluding ortho intramolecular Hbond substituents is 1. The molecule has 0 saturated carbocycles. The molecule has 2 aromatic carbocycles. The lowest BCUT2D eigenvalue weighted by atomic mass is 10.2. The van der Waals surface area contributed by atoms with Crippen molar-refractivity contribution >= 4 is 29.9 Å². The summed E-state index contributed by atoms with van der Waals surface area (Å²) < 4.78 is 23.7. The van der Waals surface area contributed by atoms with E-state index in [0.29, 0.717) is 49.3 Å². The van der Waals surface area contributed by atoms with Crippen LogP contribution in [0.3, 0.4) is 0 Å². The molecule has 8 heteroatoms. The van der Waals surface area contributed by atoms with Gasteiger partial charge in [-0.3, -0.25) is 0 Å². The molecular weight excluding hydrogens is 476 g/mol. The van der Waals surface area contributed by atoms with E-state index in [2.05, 4.69) is 10.3 Å². The first-order valence-corrected chi connectivity index (χ1v) is 8.77. The Balaban J connectivity index is 0.00000392. The largest absolute Gasteiger partial charge is 0.508 e. The van der Waals surface area contributed by atoms with Gasteiger partial charge in [-0.25, -0.2) is 9.38 Å². The fourth-order valence-electron chi connectivity index (χ4n) is 2.38. The van der Waals surface area contributed by atoms with E-state index in [-0.39, 0.29) is 35.5 Å². The van der Waals surface area contributed by atoms with Crippen LogP contribution in [0.25, 0.3) is 0 Å². The van der Waals surface area contributed by atoms with Crippen molar-refractivity contribution in [1.82, 2.24) is 10.2 Å². The van der Waals surface area contributed by atoms with Gasteiger partial charge in [-0.2, -0.15) is 0 Å². The summed E-state index contributed by atoms with van der Waals surface area (Å²) in [5.41, 5.74) is 0.681. The molecule has 0 amide bonds. The molecule has 0 saturated heterocycles. The molecular formula is C20H27FIN3O3. The van der Waals surface area contributed by atoms with E-state index in [4.69, 9.17) is 9.47 Å². The van der Waals surface area contributed by atoms with Gasteiger partial charge in [0.25, 0.3) is 0 Å². The number of ether oxygens (including phenoxy) is 2. The van der Waals surface area contributed by atoms with E-state index in [1.807, 2.05) is 18.9 Å². The van der Waals surface area contributed by atoms with E-state index < -0.39 is 0 Å². The van der Waals surface area contributed by atoms with Gasteiger partial charge >= 0.3 is 0 Å². The lowest BCUT2D eigenvalue weighted by molar-refractivity contribution is 0.281. The highest BCUT2D eigenvalue weighted by atomic mass is 127. The predicted octanol–water partition coefficient (Wildman–Crippen LogP) is 3.63. The summed E-state index contributed by atoms with van der Waals surface area (Å²) in [5, 5.41) is 13.2. The number of hydrogen-bond donors (Lipinski definition) is 2. The van der Waals surface area contributed by atoms with E-state index in [9.17, 15) is 9.50 Å². The topological polar surface area (TPSA) is 66.3 Å². The minimum Gasteiger partial charge on any atom is -0.508 e. The molecule has 0 spiro atoms. The number of methoxy groups -OCH3 is 1. The molecule has 0 bridgehead atoms. The van der Waals surface area contributed by atoms with E-state index in [1.54, 1.807) is 37.4 Å². The van der Waals surface area contributed by atoms with Gasteiger partial charge in [-0.15, -0.1) is 24.0 Å². The first kappa shape index (κ1) is 23.8. The van der Waals surface area contributed by atoms with Gasteiger partial charge < -0.3 is 24.8 Å². The highest BCUT2D eigenvalue weighted by Crippen LogP contribution is 2.23. The third kappa shape index (κ3) is 7.41. The summed E-state index contributed by atoms with van der Waals surface area (Å²) in [6.45, 7) is 4.03. The number of rotatable bonds is 8. The van der Waals surface area contributed by atoms with Crippen molar-refractivity contribution in [3.63, 3.8) is 0 Å². The Hall–Kier alpha value is -2.23. The first-order valence-electron chi connectivity index (χ1n) is 8.77. The number of benzene rings is 2. The Morgan fingerprint density at radius 3 is 2.50 bits per heavy atom. The molecule has 0 heterocycles. The van der Waals surface area contributed by atoms with Gasteiger partial charge in [-0.05, 0) is 49.4 Å². The van der Waals surface area contributed by atoms with Crippen LogP contribution >= 0.6 is 24.0 Å². The van der Waals surface area contributed by atoms with Gasteiger partial charge in [0, 0.05) is 19.2 Å². The zero-order valence-electron chi connectivity index (χ0n) is 16.3. The number of hydrogen-bond acceptors (Lipinski definition) is 4. The molecule has 0 radical (unpaired) electrons. The molecule has 2 aromatic rings. The molecule has 154 valence electrons. The number of nitrogens with zero attached hydrogens (tertiary/aromatic N) is 2. The van der Waals surface area contributed by atoms with Crippen LogP contribution in [-0.2, 0) is 6.54 Å². The third-order valence-electron chi connectivity index (χ3n) is 3.89. The SMILES string of the molecule is CCNC(=NCc1cc(OC)ccc1O)N(C)CCOc1ccc(F)cc1.I. The second-order valence-corrected chi connectivity index (χ2v) is 5.89. The van der Waals surface area contributed by atoms with Gasteiger partial charge in [-0.1, -0.05) is 0 Å². The van der Waals surface area contributed by atoms with Crippen molar-refractivity contribution in [2.75, 3.05) is 33.9 Å². The minimum absolute atomic E-state index is 0. The van der Waals surface area contributed by atoms with Crippen LogP contribution in [0, 0.1) is 5.82 Å². The first-order chi connectivity index (χ1) is 13.0. The number of nitrogens with one attached hydrogen (secondary N) is 1. The molecule has 0 aromatic heterocycles. The lowest BCUT2D eigenvalue weighted by Crippen LogP contribution is -2.40. The molecule has 28 heavy (non-hydrogen) atoms. The number of phenols is 1. The van der Waals surface area contributed by atoms with Gasteiger partial charge in [0.05, 0.1) is 20.2 Å². The maximum Gasteiger partial charge on any atom is 0.194 e. The lowest BCUT2D eigenvalue weighted by Gasteiger charge is -2.22. The summed E-state index contributed by atoms with van der Waals surface area (Å²) >= 11 is 0. The Morgan fingerprint density at radius 1 is 1.18 bits per heavy atom. The Labute approximate surface area is 182 Å². The Bertz CT molecular complexity index is 757. The highest BCUT2D eigenvalue weighted by Gasteiger charge is 2.08. The summed E-state index contributed by atoms with van der Waals surface area (Å²) in [6, 6.07) is 11.0. The maximum atomic E-state index is 12.9. The summed E-state index contributed by atoms with van der Waals surface area (Å²) in [6.07, 6.45) is 0. The molecule has 6 nitrogen and oxygen atoms in total. The molecule has 2 N–H and O–H groups in total. The fourth-order valence-corrected chi connectivity index (χ4v) is 2.38. The molecule has 0 aliphatic rings. The maximum absolute atomic E-state index is 12.9. The number of likely N-dealkylation sites (N-methyl/N-ethyl adjacent to an activating group) is 1. The van der Waals surface area contributed by atoms with Crippen molar-refractivity contribution in [2.45, 2.75) is 13.5 Å². The van der Waals surface area contributed by atoms with Crippen LogP contribution in [0.4, 0.5) is 4.39 Å². The standard InChI is InChI=1S/C20H26FN3O3.HI/c1-4-22-20(23-14-15-13-18(26-3)9-10-19(15)25)24(2)11-12-27-17-7-5-16(21)6-8-17;/h5-10,13,25H,4,11-12,14H2,1-3H3,(H,22,23);1H. The smallest absolute Gasteiger partial charge is 0.194 e. The summed E-state index contributed by atoms with van der Waals surface area (Å²) in [4.78, 5) is 6.50. The van der Waals surface area contributed by atoms with Crippen molar-refractivity contribution in [2.24, 2.45) is 4.99 Å². The Kier molecular flexibility index (Phi) is 10.4. The number of halogens is 2. The molecule has 0 aliphatic heterocycles. The number of aliphatic imine (C=N–C) groups is 1. The quantitative estimate of drug-likeness (QED) is 0.327. The molecule has 0 atom stereocenters. The van der Waals surface area contributed by atoms with E-state index in [1.165, 1.54) is 12.1 Å². The van der Waals surface area contributed by atoms with E-state index in [0.717, 1.165) is 0 Å². The zero-order valence-corrected chi connectivity index (χ0v) is 18.6. The molecule has 0 unspecified atom stereocenters. The normalized spacial score (nSPS) is 10.8. The van der Waals surface area contributed by atoms with Crippen LogP contribution in [0.1, 0.15) is 12.5 Å². The summed E-state index contributed by atoms with van der Waals surface area (Å²) in [7, 11) is 3.49. The Morgan fingerprint density at radius 2 is 1.86 bits per heavy atom. The van der Waals surface area contributed by atoms with Crippen LogP contribution in [0.2, 0.25) is 0 Å². The number of guanidine groups is 1.